The van der Waals surface area contributed by atoms with Crippen molar-refractivity contribution in [3.8, 4) is 22.5 Å². The largest absolute Gasteiger partial charge is 0.437 e. The zero-order valence-electron chi connectivity index (χ0n) is 34.4. The molecule has 3 aliphatic rings. The third-order valence-corrected chi connectivity index (χ3v) is 15.8. The maximum atomic E-state index is 6.84. The summed E-state index contributed by atoms with van der Waals surface area (Å²) < 4.78 is 12.0. The molecule has 0 amide bonds. The molecule has 1 saturated carbocycles. The molecule has 4 aromatic heterocycles. The van der Waals surface area contributed by atoms with Gasteiger partial charge in [-0.2, -0.15) is 9.13 Å². The van der Waals surface area contributed by atoms with Crippen LogP contribution >= 0.6 is 0 Å². The zero-order chi connectivity index (χ0) is 38.4. The second-order valence-corrected chi connectivity index (χ2v) is 24.2. The Balaban J connectivity index is 1.28. The Hall–Kier alpha value is -4.35. The van der Waals surface area contributed by atoms with Crippen LogP contribution in [-0.4, -0.2) is 13.1 Å². The van der Waals surface area contributed by atoms with Crippen LogP contribution in [0.25, 0.3) is 50.3 Å². The van der Waals surface area contributed by atoms with Gasteiger partial charge in [-0.15, -0.1) is 0 Å². The van der Waals surface area contributed by atoms with Crippen molar-refractivity contribution in [3.05, 3.63) is 114 Å². The Morgan fingerprint density at radius 2 is 1.67 bits per heavy atom. The van der Waals surface area contributed by atoms with E-state index in [1.807, 2.05) is 6.92 Å². The molecule has 55 heavy (non-hydrogen) atoms. The highest BCUT2D eigenvalue weighted by atomic mass is 28.3. The molecule has 2 unspecified atom stereocenters. The second-order valence-electron chi connectivity index (χ2n) is 19.2. The van der Waals surface area contributed by atoms with Gasteiger partial charge >= 0.3 is 0 Å². The highest BCUT2D eigenvalue weighted by molar-refractivity contribution is 6.89. The van der Waals surface area contributed by atoms with E-state index >= 15 is 0 Å². The lowest BCUT2D eigenvalue weighted by molar-refractivity contribution is -0.719. The minimum absolute atomic E-state index is 0.0850. The molecule has 4 nitrogen and oxygen atoms in total. The van der Waals surface area contributed by atoms with Crippen LogP contribution in [-0.2, 0) is 18.3 Å². The maximum Gasteiger partial charge on any atom is 0.227 e. The molecule has 1 fully saturated rings. The van der Waals surface area contributed by atoms with Crippen molar-refractivity contribution in [2.45, 2.75) is 123 Å². The summed E-state index contributed by atoms with van der Waals surface area (Å²) in [5.74, 6) is 1.61. The van der Waals surface area contributed by atoms with Gasteiger partial charge in [-0.3, -0.25) is 0 Å². The van der Waals surface area contributed by atoms with Gasteiger partial charge in [-0.1, -0.05) is 78.4 Å². The van der Waals surface area contributed by atoms with Crippen LogP contribution < -0.4 is 14.3 Å². The summed E-state index contributed by atoms with van der Waals surface area (Å²) in [5, 5.41) is 3.84. The summed E-state index contributed by atoms with van der Waals surface area (Å²) >= 11 is 0. The molecule has 6 aromatic rings. The summed E-state index contributed by atoms with van der Waals surface area (Å²) in [6.07, 6.45) is 14.2. The SMILES string of the molecule is C=C1CC2C(CCc3c(ccc4c3oc3nc(C)ccc34)-c3cc(C(C)(C)C4CCCC4)cc[n+]31)c1ccccc1-c1cc(CC(C)C)c([Si](C)(C)C)c[n+]12. The normalized spacial score (nSPS) is 19.0. The Labute approximate surface area is 329 Å². The molecule has 1 aliphatic carbocycles. The van der Waals surface area contributed by atoms with Crippen molar-refractivity contribution in [3.63, 3.8) is 0 Å². The van der Waals surface area contributed by atoms with Crippen molar-refractivity contribution in [1.29, 1.82) is 0 Å². The fourth-order valence-electron chi connectivity index (χ4n) is 10.7. The van der Waals surface area contributed by atoms with E-state index in [-0.39, 0.29) is 11.5 Å². The lowest BCUT2D eigenvalue weighted by Crippen LogP contribution is -2.54. The van der Waals surface area contributed by atoms with E-state index in [2.05, 4.69) is 136 Å². The molecule has 2 aliphatic heterocycles. The molecular weight excluding hydrogens is 687 g/mol. The fourth-order valence-corrected chi connectivity index (χ4v) is 12.4. The third kappa shape index (κ3) is 6.13. The second kappa shape index (κ2) is 13.4. The Morgan fingerprint density at radius 1 is 0.909 bits per heavy atom. The Bertz CT molecular complexity index is 2490. The summed E-state index contributed by atoms with van der Waals surface area (Å²) in [6, 6.07) is 25.9. The van der Waals surface area contributed by atoms with E-state index in [0.717, 1.165) is 59.1 Å². The number of aryl methyl sites for hydroxylation is 2. The number of pyridine rings is 3. The van der Waals surface area contributed by atoms with Gasteiger partial charge in [0.05, 0.1) is 20.1 Å². The van der Waals surface area contributed by atoms with Crippen LogP contribution in [0.15, 0.2) is 90.1 Å². The van der Waals surface area contributed by atoms with Crippen LogP contribution in [0.4, 0.5) is 0 Å². The van der Waals surface area contributed by atoms with Gasteiger partial charge in [-0.05, 0) is 110 Å². The van der Waals surface area contributed by atoms with Gasteiger partial charge in [0.2, 0.25) is 17.1 Å². The molecule has 0 spiro atoms. The Morgan fingerprint density at radius 3 is 2.44 bits per heavy atom. The lowest BCUT2D eigenvalue weighted by Gasteiger charge is -2.34. The number of aromatic nitrogens is 3. The van der Waals surface area contributed by atoms with Crippen molar-refractivity contribution >= 4 is 41.0 Å². The highest BCUT2D eigenvalue weighted by Crippen LogP contribution is 2.47. The molecule has 282 valence electrons. The van der Waals surface area contributed by atoms with E-state index in [1.165, 1.54) is 70.5 Å². The molecule has 9 rings (SSSR count). The fraction of sp³-hybridized carbons (Fsp3) is 0.420. The molecule has 0 saturated heterocycles. The van der Waals surface area contributed by atoms with E-state index in [9.17, 15) is 0 Å². The summed E-state index contributed by atoms with van der Waals surface area (Å²) in [5.41, 5.74) is 14.9. The molecule has 2 aromatic carbocycles. The average molecular weight is 746 g/mol. The first-order valence-corrected chi connectivity index (χ1v) is 24.5. The number of nitrogens with zero attached hydrogens (tertiary/aromatic N) is 3. The van der Waals surface area contributed by atoms with Crippen molar-refractivity contribution in [1.82, 2.24) is 4.98 Å². The van der Waals surface area contributed by atoms with E-state index in [0.29, 0.717) is 17.8 Å². The van der Waals surface area contributed by atoms with Gasteiger partial charge in [0.25, 0.3) is 0 Å². The predicted molar refractivity (Wildman–Crippen MR) is 231 cm³/mol. The summed E-state index contributed by atoms with van der Waals surface area (Å²) in [4.78, 5) is 4.87. The minimum Gasteiger partial charge on any atom is -0.437 e. The van der Waals surface area contributed by atoms with Crippen LogP contribution in [0.3, 0.4) is 0 Å². The first-order valence-electron chi connectivity index (χ1n) is 21.0. The maximum absolute atomic E-state index is 6.84. The van der Waals surface area contributed by atoms with Crippen LogP contribution in [0.5, 0.6) is 0 Å². The lowest BCUT2D eigenvalue weighted by atomic mass is 9.72. The van der Waals surface area contributed by atoms with Gasteiger partial charge in [0.15, 0.2) is 24.1 Å². The predicted octanol–water partition coefficient (Wildman–Crippen LogP) is 11.6. The van der Waals surface area contributed by atoms with Gasteiger partial charge in [0.1, 0.15) is 5.58 Å². The average Bonchev–Trinajstić information content (AvgIpc) is 3.82. The monoisotopic (exact) mass is 745 g/mol. The number of furan rings is 1. The van der Waals surface area contributed by atoms with E-state index in [4.69, 9.17) is 16.0 Å². The third-order valence-electron chi connectivity index (χ3n) is 13.7. The zero-order valence-corrected chi connectivity index (χ0v) is 35.4. The first-order chi connectivity index (χ1) is 26.3. The number of benzene rings is 2. The van der Waals surface area contributed by atoms with Crippen molar-refractivity contribution in [2.24, 2.45) is 11.8 Å². The van der Waals surface area contributed by atoms with E-state index < -0.39 is 8.07 Å². The molecule has 0 bridgehead atoms. The Kier molecular flexibility index (Phi) is 8.84. The quantitative estimate of drug-likeness (QED) is 0.130. The van der Waals surface area contributed by atoms with Crippen LogP contribution in [0, 0.1) is 18.8 Å². The number of fused-ring (bicyclic) bond motifs is 13. The molecule has 5 heteroatoms. The number of hydrogen-bond acceptors (Lipinski definition) is 2. The van der Waals surface area contributed by atoms with Crippen LogP contribution in [0.1, 0.15) is 106 Å². The molecule has 2 atom stereocenters. The highest BCUT2D eigenvalue weighted by Gasteiger charge is 2.44. The van der Waals surface area contributed by atoms with Crippen LogP contribution in [0.2, 0.25) is 19.6 Å². The minimum atomic E-state index is -1.67. The summed E-state index contributed by atoms with van der Waals surface area (Å²) in [6.45, 7) is 24.2. The van der Waals surface area contributed by atoms with Gasteiger partial charge in [-0.25, -0.2) is 4.98 Å². The smallest absolute Gasteiger partial charge is 0.227 e. The first kappa shape index (κ1) is 36.3. The van der Waals surface area contributed by atoms with Gasteiger partial charge in [0, 0.05) is 56.9 Å². The summed E-state index contributed by atoms with van der Waals surface area (Å²) in [7, 11) is -1.67. The molecule has 0 N–H and O–H groups in total. The molecule has 6 heterocycles. The van der Waals surface area contributed by atoms with E-state index in [1.54, 1.807) is 5.19 Å². The molecular formula is C50H59N3OSi+2. The number of hydrogen-bond donors (Lipinski definition) is 0. The number of allylic oxidation sites excluding steroid dienone is 1. The number of rotatable bonds is 5. The molecule has 0 radical (unpaired) electrons. The van der Waals surface area contributed by atoms with Crippen molar-refractivity contribution in [2.75, 3.05) is 0 Å². The van der Waals surface area contributed by atoms with Crippen molar-refractivity contribution < 1.29 is 13.6 Å². The van der Waals surface area contributed by atoms with Gasteiger partial charge < -0.3 is 4.42 Å². The standard InChI is InChI=1S/C50H59N3OSi/c1-31(2)26-34-28-45-38-17-13-12-16-37(38)39-20-22-41-40(21-23-42-43-19-18-32(3)51-49(43)54-48(41)42)46-29-36(50(5,6)35-14-10-11-15-35)24-25-52(46)33(4)27-44(39)53(45)30-47(34)55(7,8)9/h12-13,16-19,21,23-25,28-31,35,39,44H,4,10-11,14-15,20,22,26-27H2,1-3,5-9H3/q+2. The topological polar surface area (TPSA) is 33.8 Å².